The van der Waals surface area contributed by atoms with Gasteiger partial charge in [-0.15, -0.1) is 0 Å². The zero-order valence-corrected chi connectivity index (χ0v) is 30.3. The smallest absolute Gasteiger partial charge is 0.186 e. The maximum absolute atomic E-state index is 10.8. The monoisotopic (exact) mass is 643 g/mol. The summed E-state index contributed by atoms with van der Waals surface area (Å²) in [5.41, 5.74) is 0. The summed E-state index contributed by atoms with van der Waals surface area (Å²) in [6, 6.07) is 0. The first-order valence-electron chi connectivity index (χ1n) is 19.9. The van der Waals surface area contributed by atoms with E-state index >= 15 is 0 Å². The Morgan fingerprint density at radius 3 is 1.13 bits per heavy atom. The fourth-order valence-electron chi connectivity index (χ4n) is 6.63. The molecule has 1 aliphatic rings. The number of unbranched alkanes of at least 4 members (excludes halogenated alkanes) is 26. The average molecular weight is 643 g/mol. The molecule has 1 fully saturated rings. The van der Waals surface area contributed by atoms with Crippen molar-refractivity contribution in [3.8, 4) is 0 Å². The number of hydrogen-bond acceptors (Lipinski definition) is 6. The van der Waals surface area contributed by atoms with E-state index in [0.717, 1.165) is 25.7 Å². The first-order chi connectivity index (χ1) is 22.2. The summed E-state index contributed by atoms with van der Waals surface area (Å²) >= 11 is 0. The summed E-state index contributed by atoms with van der Waals surface area (Å²) in [6.45, 7) is 5.45. The van der Waals surface area contributed by atoms with Crippen LogP contribution in [0.5, 0.6) is 0 Å². The highest BCUT2D eigenvalue weighted by molar-refractivity contribution is 4.91. The number of ether oxygens (including phenoxy) is 4. The molecule has 270 valence electrons. The summed E-state index contributed by atoms with van der Waals surface area (Å²) in [7, 11) is 1.62. The van der Waals surface area contributed by atoms with Gasteiger partial charge < -0.3 is 29.2 Å². The largest absolute Gasteiger partial charge is 0.394 e. The molecule has 0 aromatic heterocycles. The Bertz CT molecular complexity index is 590. The molecule has 1 heterocycles. The second kappa shape index (κ2) is 32.3. The van der Waals surface area contributed by atoms with Crippen molar-refractivity contribution < 1.29 is 29.2 Å². The van der Waals surface area contributed by atoms with Gasteiger partial charge in [-0.3, -0.25) is 0 Å². The van der Waals surface area contributed by atoms with Crippen LogP contribution in [0, 0.1) is 0 Å². The van der Waals surface area contributed by atoms with Gasteiger partial charge in [0, 0.05) is 20.3 Å². The average Bonchev–Trinajstić information content (AvgIpc) is 3.05. The second-order valence-electron chi connectivity index (χ2n) is 13.8. The Morgan fingerprint density at radius 2 is 0.800 bits per heavy atom. The van der Waals surface area contributed by atoms with Crippen LogP contribution in [0.25, 0.3) is 0 Å². The third-order valence-electron chi connectivity index (χ3n) is 9.66. The number of rotatable bonds is 34. The summed E-state index contributed by atoms with van der Waals surface area (Å²) in [4.78, 5) is 0. The van der Waals surface area contributed by atoms with Crippen molar-refractivity contribution in [3.63, 3.8) is 0 Å². The minimum absolute atomic E-state index is 0.269. The van der Waals surface area contributed by atoms with Crippen LogP contribution in [-0.4, -0.2) is 67.8 Å². The molecule has 0 bridgehead atoms. The van der Waals surface area contributed by atoms with Gasteiger partial charge in [-0.2, -0.15) is 0 Å². The number of aliphatic hydroxyl groups is 2. The van der Waals surface area contributed by atoms with E-state index in [2.05, 4.69) is 13.8 Å². The fourth-order valence-corrected chi connectivity index (χ4v) is 6.63. The normalized spacial score (nSPS) is 21.9. The van der Waals surface area contributed by atoms with Gasteiger partial charge in [0.15, 0.2) is 6.29 Å². The van der Waals surface area contributed by atoms with Gasteiger partial charge in [-0.05, 0) is 12.8 Å². The quantitative estimate of drug-likeness (QED) is 0.0680. The fraction of sp³-hybridized carbons (Fsp3) is 1.00. The van der Waals surface area contributed by atoms with Crippen LogP contribution in [0.2, 0.25) is 0 Å². The number of hydrogen-bond donors (Lipinski definition) is 2. The highest BCUT2D eigenvalue weighted by atomic mass is 16.7. The maximum atomic E-state index is 10.8. The van der Waals surface area contributed by atoms with Gasteiger partial charge in [-0.1, -0.05) is 181 Å². The van der Waals surface area contributed by atoms with Crippen molar-refractivity contribution in [1.82, 2.24) is 0 Å². The van der Waals surface area contributed by atoms with Crippen molar-refractivity contribution in [2.24, 2.45) is 0 Å². The molecule has 1 aliphatic heterocycles. The van der Waals surface area contributed by atoms with Crippen molar-refractivity contribution in [1.29, 1.82) is 0 Å². The highest BCUT2D eigenvalue weighted by Crippen LogP contribution is 2.27. The van der Waals surface area contributed by atoms with E-state index < -0.39 is 30.7 Å². The first kappa shape index (κ1) is 42.8. The molecule has 0 saturated carbocycles. The lowest BCUT2D eigenvalue weighted by Gasteiger charge is -2.43. The van der Waals surface area contributed by atoms with Crippen molar-refractivity contribution >= 4 is 0 Å². The van der Waals surface area contributed by atoms with E-state index in [9.17, 15) is 10.2 Å². The lowest BCUT2D eigenvalue weighted by molar-refractivity contribution is -0.312. The summed E-state index contributed by atoms with van der Waals surface area (Å²) < 4.78 is 23.8. The number of methoxy groups -OCH3 is 1. The topological polar surface area (TPSA) is 77.4 Å². The van der Waals surface area contributed by atoms with Crippen LogP contribution in [0.4, 0.5) is 0 Å². The van der Waals surface area contributed by atoms with E-state index in [1.807, 2.05) is 0 Å². The summed E-state index contributed by atoms with van der Waals surface area (Å²) in [6.07, 6.45) is 33.6. The highest BCUT2D eigenvalue weighted by Gasteiger charge is 2.46. The lowest BCUT2D eigenvalue weighted by Crippen LogP contribution is -2.60. The molecular weight excluding hydrogens is 564 g/mol. The van der Waals surface area contributed by atoms with E-state index in [-0.39, 0.29) is 6.61 Å². The first-order valence-corrected chi connectivity index (χ1v) is 19.9. The molecule has 0 aromatic carbocycles. The van der Waals surface area contributed by atoms with Crippen molar-refractivity contribution in [2.45, 2.75) is 224 Å². The molecule has 1 saturated heterocycles. The van der Waals surface area contributed by atoms with E-state index in [4.69, 9.17) is 18.9 Å². The summed E-state index contributed by atoms with van der Waals surface area (Å²) in [5.74, 6) is 0. The zero-order chi connectivity index (χ0) is 32.6. The zero-order valence-electron chi connectivity index (χ0n) is 30.3. The van der Waals surface area contributed by atoms with Crippen LogP contribution in [-0.2, 0) is 18.9 Å². The van der Waals surface area contributed by atoms with E-state index in [1.165, 1.54) is 154 Å². The molecule has 0 unspecified atom stereocenters. The molecule has 5 atom stereocenters. The Morgan fingerprint density at radius 1 is 0.467 bits per heavy atom. The molecule has 0 aliphatic carbocycles. The predicted molar refractivity (Wildman–Crippen MR) is 189 cm³/mol. The van der Waals surface area contributed by atoms with E-state index in [0.29, 0.717) is 13.2 Å². The third-order valence-corrected chi connectivity index (χ3v) is 9.66. The van der Waals surface area contributed by atoms with Gasteiger partial charge in [0.1, 0.15) is 24.4 Å². The van der Waals surface area contributed by atoms with Gasteiger partial charge in [0.2, 0.25) is 0 Å². The Kier molecular flexibility index (Phi) is 30.7. The molecule has 0 radical (unpaired) electrons. The predicted octanol–water partition coefficient (Wildman–Crippen LogP) is 10.4. The standard InChI is InChI=1S/C39H78O6/c1-4-6-8-10-12-14-16-18-20-22-24-26-28-30-32-43-37-36(41)35(34-40)45-39(38(37)42-3)44-33-31-29-27-25-23-21-19-17-15-13-11-9-7-5-2/h35-41H,4-34H2,1-3H3/t35-,36-,37+,38-,39-/m1/s1. The van der Waals surface area contributed by atoms with Crippen molar-refractivity contribution in [3.05, 3.63) is 0 Å². The lowest BCUT2D eigenvalue weighted by atomic mass is 9.98. The molecule has 45 heavy (non-hydrogen) atoms. The molecule has 0 spiro atoms. The molecular formula is C39H78O6. The van der Waals surface area contributed by atoms with Crippen LogP contribution >= 0.6 is 0 Å². The van der Waals surface area contributed by atoms with E-state index in [1.54, 1.807) is 7.11 Å². The molecule has 6 heteroatoms. The summed E-state index contributed by atoms with van der Waals surface area (Å²) in [5, 5.41) is 20.6. The minimum Gasteiger partial charge on any atom is -0.394 e. The molecule has 0 aromatic rings. The third kappa shape index (κ3) is 22.9. The van der Waals surface area contributed by atoms with Crippen LogP contribution in [0.1, 0.15) is 194 Å². The minimum atomic E-state index is -0.937. The van der Waals surface area contributed by atoms with Gasteiger partial charge in [-0.25, -0.2) is 0 Å². The van der Waals surface area contributed by atoms with Crippen LogP contribution < -0.4 is 0 Å². The molecule has 6 nitrogen and oxygen atoms in total. The Balaban J connectivity index is 2.11. The van der Waals surface area contributed by atoms with Crippen LogP contribution in [0.15, 0.2) is 0 Å². The SMILES string of the molecule is CCCCCCCCCCCCCCCCO[C@@H]1O[C@H](CO)[C@@H](O)[C@H](OCCCCCCCCCCCCCCCC)[C@H]1OC. The molecule has 0 amide bonds. The van der Waals surface area contributed by atoms with Crippen molar-refractivity contribution in [2.75, 3.05) is 26.9 Å². The Hall–Kier alpha value is -0.240. The van der Waals surface area contributed by atoms with Gasteiger partial charge >= 0.3 is 0 Å². The maximum Gasteiger partial charge on any atom is 0.186 e. The van der Waals surface area contributed by atoms with Gasteiger partial charge in [0.25, 0.3) is 0 Å². The van der Waals surface area contributed by atoms with Gasteiger partial charge in [0.05, 0.1) is 6.61 Å². The second-order valence-corrected chi connectivity index (χ2v) is 13.8. The molecule has 2 N–H and O–H groups in total. The molecule has 1 rings (SSSR count). The number of aliphatic hydroxyl groups excluding tert-OH is 2. The Labute approximate surface area is 280 Å². The van der Waals surface area contributed by atoms with Crippen LogP contribution in [0.3, 0.4) is 0 Å².